The van der Waals surface area contributed by atoms with Crippen LogP contribution in [0.25, 0.3) is 22.3 Å². The van der Waals surface area contributed by atoms with E-state index in [0.717, 1.165) is 25.3 Å². The van der Waals surface area contributed by atoms with E-state index in [1.54, 1.807) is 25.3 Å². The first-order chi connectivity index (χ1) is 13.5. The predicted molar refractivity (Wildman–Crippen MR) is 108 cm³/mol. The lowest BCUT2D eigenvalue weighted by molar-refractivity contribution is -0.134. The molecular formula is C22H24O6. The summed E-state index contributed by atoms with van der Waals surface area (Å²) < 4.78 is 17.2. The molecule has 1 aromatic heterocycles. The molecule has 6 heteroatoms. The fourth-order valence-corrected chi connectivity index (χ4v) is 2.56. The number of methoxy groups -OCH3 is 1. The van der Waals surface area contributed by atoms with Gasteiger partial charge in [0.15, 0.2) is 17.1 Å². The lowest BCUT2D eigenvalue weighted by Crippen LogP contribution is -2.11. The van der Waals surface area contributed by atoms with Crippen LogP contribution in [0.2, 0.25) is 0 Å². The van der Waals surface area contributed by atoms with Gasteiger partial charge in [-0.1, -0.05) is 49.7 Å². The summed E-state index contributed by atoms with van der Waals surface area (Å²) in [4.78, 5) is 21.9. The minimum Gasteiger partial charge on any atom is -0.493 e. The molecule has 1 N–H and O–H groups in total. The molecule has 0 bridgehead atoms. The normalized spacial score (nSPS) is 10.1. The van der Waals surface area contributed by atoms with Gasteiger partial charge in [-0.15, -0.1) is 0 Å². The number of unbranched alkanes of at least 4 members (excludes halogenated alkanes) is 1. The van der Waals surface area contributed by atoms with Crippen LogP contribution in [0.4, 0.5) is 0 Å². The van der Waals surface area contributed by atoms with Gasteiger partial charge in [0.2, 0.25) is 11.2 Å². The van der Waals surface area contributed by atoms with E-state index in [0.29, 0.717) is 29.1 Å². The molecule has 0 spiro atoms. The summed E-state index contributed by atoms with van der Waals surface area (Å²) >= 11 is 0. The molecule has 3 rings (SSSR count). The van der Waals surface area contributed by atoms with E-state index >= 15 is 0 Å². The molecule has 3 aromatic rings. The number of carboxylic acid groups (broad SMARTS) is 1. The number of hydrogen-bond acceptors (Lipinski definition) is 5. The highest BCUT2D eigenvalue weighted by Gasteiger charge is 2.19. The highest BCUT2D eigenvalue weighted by Crippen LogP contribution is 2.34. The van der Waals surface area contributed by atoms with Gasteiger partial charge in [-0.3, -0.25) is 9.59 Å². The minimum absolute atomic E-state index is 0.176. The van der Waals surface area contributed by atoms with Crippen LogP contribution in [0.1, 0.15) is 26.7 Å². The van der Waals surface area contributed by atoms with E-state index in [4.69, 9.17) is 23.8 Å². The summed E-state index contributed by atoms with van der Waals surface area (Å²) in [5.41, 5.74) is 1.06. The fourth-order valence-electron chi connectivity index (χ4n) is 2.56. The third kappa shape index (κ3) is 5.13. The van der Waals surface area contributed by atoms with E-state index in [9.17, 15) is 4.79 Å². The smallest absolute Gasteiger partial charge is 0.300 e. The zero-order chi connectivity index (χ0) is 20.5. The molecule has 0 atom stereocenters. The first-order valence-corrected chi connectivity index (χ1v) is 9.01. The van der Waals surface area contributed by atoms with Crippen molar-refractivity contribution in [3.05, 3.63) is 58.8 Å². The van der Waals surface area contributed by atoms with Crippen LogP contribution in [0.15, 0.2) is 57.7 Å². The highest BCUT2D eigenvalue weighted by atomic mass is 16.5. The molecule has 28 heavy (non-hydrogen) atoms. The third-order valence-corrected chi connectivity index (χ3v) is 3.84. The summed E-state index contributed by atoms with van der Waals surface area (Å²) in [5, 5.41) is 7.88. The van der Waals surface area contributed by atoms with Gasteiger partial charge in [-0.2, -0.15) is 0 Å². The maximum atomic E-state index is 12.9. The molecular weight excluding hydrogens is 360 g/mol. The largest absolute Gasteiger partial charge is 0.493 e. The number of fused-ring (bicyclic) bond motifs is 1. The standard InChI is InChI=1S/C20H20O4.C2H4O2/c1-3-4-13-23-20-17(21)15-11-8-12-16(22-2)19(15)24-18(20)14-9-6-5-7-10-14;1-2(3)4/h5-12H,3-4,13H2,1-2H3;1H3,(H,3,4). The summed E-state index contributed by atoms with van der Waals surface area (Å²) in [6.07, 6.45) is 1.87. The van der Waals surface area contributed by atoms with Gasteiger partial charge in [-0.05, 0) is 18.6 Å². The summed E-state index contributed by atoms with van der Waals surface area (Å²) in [6, 6.07) is 14.8. The third-order valence-electron chi connectivity index (χ3n) is 3.84. The monoisotopic (exact) mass is 384 g/mol. The lowest BCUT2D eigenvalue weighted by atomic mass is 10.1. The fraction of sp³-hybridized carbons (Fsp3) is 0.273. The second kappa shape index (κ2) is 10.2. The molecule has 0 unspecified atom stereocenters. The summed E-state index contributed by atoms with van der Waals surface area (Å²) in [7, 11) is 1.56. The van der Waals surface area contributed by atoms with E-state index in [-0.39, 0.29) is 11.2 Å². The van der Waals surface area contributed by atoms with Crippen LogP contribution in [0, 0.1) is 0 Å². The Bertz CT molecular complexity index is 971. The Hall–Kier alpha value is -3.28. The van der Waals surface area contributed by atoms with Gasteiger partial charge in [0, 0.05) is 12.5 Å². The molecule has 148 valence electrons. The van der Waals surface area contributed by atoms with Crippen molar-refractivity contribution in [3.63, 3.8) is 0 Å². The molecule has 0 radical (unpaired) electrons. The Kier molecular flexibility index (Phi) is 7.63. The highest BCUT2D eigenvalue weighted by molar-refractivity contribution is 5.86. The molecule has 0 saturated carbocycles. The van der Waals surface area contributed by atoms with Crippen molar-refractivity contribution in [1.29, 1.82) is 0 Å². The Labute approximate surface area is 163 Å². The van der Waals surface area contributed by atoms with E-state index < -0.39 is 5.97 Å². The number of benzene rings is 2. The van der Waals surface area contributed by atoms with Gasteiger partial charge < -0.3 is 19.0 Å². The second-order valence-electron chi connectivity index (χ2n) is 6.01. The van der Waals surface area contributed by atoms with Crippen molar-refractivity contribution in [2.45, 2.75) is 26.7 Å². The predicted octanol–water partition coefficient (Wildman–Crippen LogP) is 4.74. The number of rotatable bonds is 6. The van der Waals surface area contributed by atoms with Crippen LogP contribution in [0.3, 0.4) is 0 Å². The lowest BCUT2D eigenvalue weighted by Gasteiger charge is -2.12. The van der Waals surface area contributed by atoms with Crippen molar-refractivity contribution in [2.75, 3.05) is 13.7 Å². The van der Waals surface area contributed by atoms with Crippen molar-refractivity contribution in [2.24, 2.45) is 0 Å². The van der Waals surface area contributed by atoms with E-state index in [2.05, 4.69) is 6.92 Å². The van der Waals surface area contributed by atoms with E-state index in [1.807, 2.05) is 30.3 Å². The Morgan fingerprint density at radius 2 is 1.79 bits per heavy atom. The molecule has 6 nitrogen and oxygen atoms in total. The van der Waals surface area contributed by atoms with Gasteiger partial charge >= 0.3 is 0 Å². The zero-order valence-corrected chi connectivity index (χ0v) is 16.2. The van der Waals surface area contributed by atoms with Crippen LogP contribution < -0.4 is 14.9 Å². The quantitative estimate of drug-likeness (QED) is 0.618. The van der Waals surface area contributed by atoms with Crippen LogP contribution in [0.5, 0.6) is 11.5 Å². The number of para-hydroxylation sites is 1. The maximum Gasteiger partial charge on any atom is 0.300 e. The SMILES string of the molecule is CC(=O)O.CCCCOc1c(-c2ccccc2)oc2c(OC)cccc2c1=O. The first-order valence-electron chi connectivity index (χ1n) is 9.01. The Morgan fingerprint density at radius 1 is 1.11 bits per heavy atom. The zero-order valence-electron chi connectivity index (χ0n) is 16.2. The second-order valence-corrected chi connectivity index (χ2v) is 6.01. The maximum absolute atomic E-state index is 12.9. The molecule has 0 aliphatic rings. The van der Waals surface area contributed by atoms with Gasteiger partial charge in [0.1, 0.15) is 0 Å². The number of hydrogen-bond donors (Lipinski definition) is 1. The van der Waals surface area contributed by atoms with Gasteiger partial charge in [-0.25, -0.2) is 0 Å². The van der Waals surface area contributed by atoms with Crippen molar-refractivity contribution < 1.29 is 23.8 Å². The molecule has 2 aromatic carbocycles. The Balaban J connectivity index is 0.000000640. The molecule has 0 fully saturated rings. The molecule has 0 saturated heterocycles. The van der Waals surface area contributed by atoms with Gasteiger partial charge in [0.05, 0.1) is 19.1 Å². The number of aliphatic carboxylic acids is 1. The molecule has 0 aliphatic heterocycles. The van der Waals surface area contributed by atoms with Crippen molar-refractivity contribution in [3.8, 4) is 22.8 Å². The number of carboxylic acids is 1. The number of carbonyl (C=O) groups is 1. The van der Waals surface area contributed by atoms with Crippen molar-refractivity contribution in [1.82, 2.24) is 0 Å². The van der Waals surface area contributed by atoms with Crippen molar-refractivity contribution >= 4 is 16.9 Å². The summed E-state index contributed by atoms with van der Waals surface area (Å²) in [5.74, 6) is 0.394. The van der Waals surface area contributed by atoms with E-state index in [1.165, 1.54) is 0 Å². The molecule has 0 amide bonds. The average Bonchev–Trinajstić information content (AvgIpc) is 2.69. The molecule has 0 aliphatic carbocycles. The Morgan fingerprint density at radius 3 is 2.39 bits per heavy atom. The minimum atomic E-state index is -0.833. The summed E-state index contributed by atoms with van der Waals surface area (Å²) in [6.45, 7) is 3.64. The first kappa shape index (κ1) is 21.0. The molecule has 1 heterocycles. The van der Waals surface area contributed by atoms with Gasteiger partial charge in [0.25, 0.3) is 5.97 Å². The van der Waals surface area contributed by atoms with Crippen LogP contribution in [-0.4, -0.2) is 24.8 Å². The topological polar surface area (TPSA) is 86.0 Å². The van der Waals surface area contributed by atoms with Crippen LogP contribution in [-0.2, 0) is 4.79 Å². The average molecular weight is 384 g/mol. The number of ether oxygens (including phenoxy) is 2. The van der Waals surface area contributed by atoms with Crippen LogP contribution >= 0.6 is 0 Å².